The van der Waals surface area contributed by atoms with Crippen molar-refractivity contribution in [2.45, 2.75) is 16.2 Å². The maximum Gasteiger partial charge on any atom is 0.307 e. The summed E-state index contributed by atoms with van der Waals surface area (Å²) < 4.78 is 1.01. The van der Waals surface area contributed by atoms with Gasteiger partial charge in [0.1, 0.15) is 0 Å². The molecule has 2 nitrogen and oxygen atoms in total. The van der Waals surface area contributed by atoms with E-state index in [1.165, 1.54) is 11.8 Å². The Morgan fingerprint density at radius 3 is 2.53 bits per heavy atom. The molecule has 0 aliphatic carbocycles. The minimum absolute atomic E-state index is 0.0284. The first kappa shape index (κ1) is 14.4. The van der Waals surface area contributed by atoms with E-state index < -0.39 is 5.97 Å². The Morgan fingerprint density at radius 1 is 1.21 bits per heavy atom. The lowest BCUT2D eigenvalue weighted by Crippen LogP contribution is -2.01. The maximum absolute atomic E-state index is 10.9. The van der Waals surface area contributed by atoms with Gasteiger partial charge in [0.2, 0.25) is 0 Å². The first-order valence-electron chi connectivity index (χ1n) is 5.48. The zero-order valence-corrected chi connectivity index (χ0v) is 12.9. The van der Waals surface area contributed by atoms with Crippen molar-refractivity contribution >= 4 is 45.3 Å². The summed E-state index contributed by atoms with van der Waals surface area (Å²) in [6.45, 7) is 0. The quantitative estimate of drug-likeness (QED) is 0.847. The SMILES string of the molecule is O=C(O)Cc1cc(Cl)ccc1Sc1ccc(Br)cc1. The van der Waals surface area contributed by atoms with Crippen LogP contribution in [0, 0.1) is 0 Å². The number of carboxylic acid groups (broad SMARTS) is 1. The Balaban J connectivity index is 2.28. The van der Waals surface area contributed by atoms with E-state index >= 15 is 0 Å². The lowest BCUT2D eigenvalue weighted by molar-refractivity contribution is -0.136. The molecule has 19 heavy (non-hydrogen) atoms. The summed E-state index contributed by atoms with van der Waals surface area (Å²) in [5.74, 6) is -0.861. The molecule has 0 saturated carbocycles. The number of hydrogen-bond acceptors (Lipinski definition) is 2. The second-order valence-electron chi connectivity index (χ2n) is 3.88. The van der Waals surface area contributed by atoms with Gasteiger partial charge in [-0.1, -0.05) is 39.3 Å². The fourth-order valence-corrected chi connectivity index (χ4v) is 2.96. The third kappa shape index (κ3) is 4.27. The van der Waals surface area contributed by atoms with Gasteiger partial charge in [-0.05, 0) is 48.0 Å². The molecule has 0 bridgehead atoms. The van der Waals surface area contributed by atoms with Crippen LogP contribution < -0.4 is 0 Å². The highest BCUT2D eigenvalue weighted by atomic mass is 79.9. The number of rotatable bonds is 4. The van der Waals surface area contributed by atoms with Gasteiger partial charge in [-0.15, -0.1) is 0 Å². The third-order valence-corrected chi connectivity index (χ3v) is 4.30. The standard InChI is InChI=1S/C14H10BrClO2S/c15-10-1-4-12(5-2-10)19-13-6-3-11(16)7-9(13)8-14(17)18/h1-7H,8H2,(H,17,18). The van der Waals surface area contributed by atoms with Crippen molar-refractivity contribution in [1.29, 1.82) is 0 Å². The van der Waals surface area contributed by atoms with Gasteiger partial charge < -0.3 is 5.11 Å². The van der Waals surface area contributed by atoms with Gasteiger partial charge in [0.15, 0.2) is 0 Å². The van der Waals surface area contributed by atoms with Crippen LogP contribution in [0.1, 0.15) is 5.56 Å². The molecule has 1 N–H and O–H groups in total. The van der Waals surface area contributed by atoms with Crippen molar-refractivity contribution in [3.8, 4) is 0 Å². The predicted octanol–water partition coefficient (Wildman–Crippen LogP) is 4.88. The van der Waals surface area contributed by atoms with Crippen LogP contribution in [-0.4, -0.2) is 11.1 Å². The van der Waals surface area contributed by atoms with E-state index in [9.17, 15) is 4.79 Å². The number of halogens is 2. The van der Waals surface area contributed by atoms with Crippen molar-refractivity contribution in [3.05, 3.63) is 57.5 Å². The number of aliphatic carboxylic acids is 1. The fourth-order valence-electron chi connectivity index (χ4n) is 1.58. The van der Waals surface area contributed by atoms with E-state index in [1.54, 1.807) is 12.1 Å². The van der Waals surface area contributed by atoms with E-state index in [2.05, 4.69) is 15.9 Å². The largest absolute Gasteiger partial charge is 0.481 e. The molecule has 0 saturated heterocycles. The smallest absolute Gasteiger partial charge is 0.307 e. The lowest BCUT2D eigenvalue weighted by Gasteiger charge is -2.08. The minimum atomic E-state index is -0.861. The Hall–Kier alpha value is -0.970. The van der Waals surface area contributed by atoms with E-state index in [0.29, 0.717) is 5.02 Å². The van der Waals surface area contributed by atoms with Crippen LogP contribution in [0.25, 0.3) is 0 Å². The Labute approximate surface area is 128 Å². The van der Waals surface area contributed by atoms with Gasteiger partial charge in [-0.2, -0.15) is 0 Å². The normalized spacial score (nSPS) is 10.4. The predicted molar refractivity (Wildman–Crippen MR) is 81.1 cm³/mol. The van der Waals surface area contributed by atoms with Crippen LogP contribution in [0.4, 0.5) is 0 Å². The summed E-state index contributed by atoms with van der Waals surface area (Å²) in [5, 5.41) is 9.48. The monoisotopic (exact) mass is 356 g/mol. The summed E-state index contributed by atoms with van der Waals surface area (Å²) in [4.78, 5) is 12.8. The average Bonchev–Trinajstić information content (AvgIpc) is 2.34. The van der Waals surface area contributed by atoms with Crippen molar-refractivity contribution in [2.24, 2.45) is 0 Å². The highest BCUT2D eigenvalue weighted by Gasteiger charge is 2.09. The molecular weight excluding hydrogens is 348 g/mol. The number of carboxylic acids is 1. The molecule has 0 heterocycles. The molecule has 98 valence electrons. The molecule has 0 amide bonds. The first-order valence-corrected chi connectivity index (χ1v) is 7.47. The topological polar surface area (TPSA) is 37.3 Å². The van der Waals surface area contributed by atoms with Crippen molar-refractivity contribution in [1.82, 2.24) is 0 Å². The Morgan fingerprint density at radius 2 is 1.89 bits per heavy atom. The first-order chi connectivity index (χ1) is 9.04. The van der Waals surface area contributed by atoms with Crippen LogP contribution >= 0.6 is 39.3 Å². The van der Waals surface area contributed by atoms with Gasteiger partial charge in [0.05, 0.1) is 6.42 Å². The zero-order valence-electron chi connectivity index (χ0n) is 9.77. The van der Waals surface area contributed by atoms with Crippen molar-refractivity contribution < 1.29 is 9.90 Å². The molecule has 0 fully saturated rings. The second-order valence-corrected chi connectivity index (χ2v) is 6.35. The molecule has 0 aromatic heterocycles. The lowest BCUT2D eigenvalue weighted by atomic mass is 10.1. The molecular formula is C14H10BrClO2S. The maximum atomic E-state index is 10.9. The molecule has 2 aromatic carbocycles. The molecule has 2 aromatic rings. The van der Waals surface area contributed by atoms with Crippen LogP contribution in [0.2, 0.25) is 5.02 Å². The van der Waals surface area contributed by atoms with E-state index in [-0.39, 0.29) is 6.42 Å². The van der Waals surface area contributed by atoms with Crippen molar-refractivity contribution in [2.75, 3.05) is 0 Å². The van der Waals surface area contributed by atoms with E-state index in [4.69, 9.17) is 16.7 Å². The second kappa shape index (κ2) is 6.46. The van der Waals surface area contributed by atoms with Gasteiger partial charge >= 0.3 is 5.97 Å². The number of hydrogen-bond donors (Lipinski definition) is 1. The minimum Gasteiger partial charge on any atom is -0.481 e. The molecule has 0 atom stereocenters. The van der Waals surface area contributed by atoms with Crippen LogP contribution in [0.5, 0.6) is 0 Å². The highest BCUT2D eigenvalue weighted by molar-refractivity contribution is 9.10. The zero-order chi connectivity index (χ0) is 13.8. The fraction of sp³-hybridized carbons (Fsp3) is 0.0714. The van der Waals surface area contributed by atoms with Gasteiger partial charge in [-0.3, -0.25) is 4.79 Å². The summed E-state index contributed by atoms with van der Waals surface area (Å²) in [7, 11) is 0. The molecule has 2 rings (SSSR count). The summed E-state index contributed by atoms with van der Waals surface area (Å²) in [5.41, 5.74) is 0.730. The Kier molecular flexibility index (Phi) is 4.91. The molecule has 5 heteroatoms. The van der Waals surface area contributed by atoms with E-state index in [0.717, 1.165) is 19.8 Å². The van der Waals surface area contributed by atoms with Crippen molar-refractivity contribution in [3.63, 3.8) is 0 Å². The third-order valence-electron chi connectivity index (χ3n) is 2.41. The molecule has 0 aliphatic rings. The van der Waals surface area contributed by atoms with Crippen LogP contribution in [-0.2, 0) is 11.2 Å². The molecule has 0 spiro atoms. The van der Waals surface area contributed by atoms with Gasteiger partial charge in [-0.25, -0.2) is 0 Å². The number of benzene rings is 2. The Bertz CT molecular complexity index is 599. The number of carbonyl (C=O) groups is 1. The highest BCUT2D eigenvalue weighted by Crippen LogP contribution is 2.32. The molecule has 0 unspecified atom stereocenters. The average molecular weight is 358 g/mol. The van der Waals surface area contributed by atoms with E-state index in [1.807, 2.05) is 30.3 Å². The molecule has 0 radical (unpaired) electrons. The summed E-state index contributed by atoms with van der Waals surface area (Å²) in [6, 6.07) is 13.2. The summed E-state index contributed by atoms with van der Waals surface area (Å²) in [6.07, 6.45) is -0.0284. The van der Waals surface area contributed by atoms with Crippen LogP contribution in [0.15, 0.2) is 56.7 Å². The van der Waals surface area contributed by atoms with Crippen LogP contribution in [0.3, 0.4) is 0 Å². The van der Waals surface area contributed by atoms with Gasteiger partial charge in [0.25, 0.3) is 0 Å². The summed E-state index contributed by atoms with van der Waals surface area (Å²) >= 11 is 10.8. The van der Waals surface area contributed by atoms with Gasteiger partial charge in [0, 0.05) is 19.3 Å². The molecule has 0 aliphatic heterocycles.